The van der Waals surface area contributed by atoms with E-state index in [0.717, 1.165) is 12.8 Å². The number of benzene rings is 1. The Balaban J connectivity index is 1.79. The maximum absolute atomic E-state index is 12.4. The molecule has 1 aromatic carbocycles. The van der Waals surface area contributed by atoms with Crippen LogP contribution in [0.4, 0.5) is 5.69 Å². The van der Waals surface area contributed by atoms with E-state index < -0.39 is 0 Å². The number of hydrogen-bond donors (Lipinski definition) is 1. The van der Waals surface area contributed by atoms with Crippen LogP contribution in [0.25, 0.3) is 0 Å². The average molecular weight is 328 g/mol. The van der Waals surface area contributed by atoms with Crippen molar-refractivity contribution in [3.8, 4) is 11.5 Å². The molecule has 0 radical (unpaired) electrons. The number of hydrogen-bond acceptors (Lipinski definition) is 4. The minimum absolute atomic E-state index is 0.0783. The number of carbonyl (C=O) groups excluding carboxylic acids is 1. The standard InChI is InChI=1S/C18H20N2O4/c1-2-8-20-12-14(5-7-17(20)21)19-18(22)13-4-6-15-16(11-13)24-10-3-9-23-15/h4-7,11-12H,2-3,8-10H2,1H3,(H,19,22). The predicted octanol–water partition coefficient (Wildman–Crippen LogP) is 2.67. The van der Waals surface area contributed by atoms with Crippen LogP contribution in [0.2, 0.25) is 0 Å². The van der Waals surface area contributed by atoms with Gasteiger partial charge in [-0.15, -0.1) is 0 Å². The molecule has 126 valence electrons. The Kier molecular flexibility index (Phi) is 4.84. The van der Waals surface area contributed by atoms with Crippen LogP contribution < -0.4 is 20.3 Å². The Morgan fingerprint density at radius 2 is 1.96 bits per heavy atom. The second-order valence-electron chi connectivity index (χ2n) is 5.62. The highest BCUT2D eigenvalue weighted by molar-refractivity contribution is 6.04. The molecule has 24 heavy (non-hydrogen) atoms. The van der Waals surface area contributed by atoms with Gasteiger partial charge in [-0.05, 0) is 30.7 Å². The zero-order valence-electron chi connectivity index (χ0n) is 13.6. The van der Waals surface area contributed by atoms with Crippen molar-refractivity contribution in [3.63, 3.8) is 0 Å². The molecule has 0 bridgehead atoms. The molecule has 0 fully saturated rings. The molecule has 0 saturated heterocycles. The van der Waals surface area contributed by atoms with Gasteiger partial charge in [0.1, 0.15) is 0 Å². The third kappa shape index (κ3) is 3.59. The van der Waals surface area contributed by atoms with Crippen LogP contribution >= 0.6 is 0 Å². The van der Waals surface area contributed by atoms with E-state index in [1.165, 1.54) is 6.07 Å². The lowest BCUT2D eigenvalue weighted by molar-refractivity contribution is 0.102. The van der Waals surface area contributed by atoms with Crippen molar-refractivity contribution in [1.29, 1.82) is 0 Å². The van der Waals surface area contributed by atoms with Crippen molar-refractivity contribution in [2.75, 3.05) is 18.5 Å². The SMILES string of the molecule is CCCn1cc(NC(=O)c2ccc3c(c2)OCCCO3)ccc1=O. The van der Waals surface area contributed by atoms with Gasteiger partial charge < -0.3 is 19.4 Å². The first-order valence-electron chi connectivity index (χ1n) is 8.09. The van der Waals surface area contributed by atoms with Crippen molar-refractivity contribution in [3.05, 3.63) is 52.4 Å². The van der Waals surface area contributed by atoms with Gasteiger partial charge in [0, 0.05) is 30.8 Å². The molecule has 3 rings (SSSR count). The molecule has 6 heteroatoms. The number of aromatic nitrogens is 1. The Morgan fingerprint density at radius 3 is 2.75 bits per heavy atom. The van der Waals surface area contributed by atoms with Gasteiger partial charge in [0.25, 0.3) is 11.5 Å². The van der Waals surface area contributed by atoms with E-state index in [-0.39, 0.29) is 11.5 Å². The zero-order chi connectivity index (χ0) is 16.9. The normalized spacial score (nSPS) is 13.2. The van der Waals surface area contributed by atoms with Gasteiger partial charge in [-0.3, -0.25) is 9.59 Å². The van der Waals surface area contributed by atoms with Crippen LogP contribution in [0, 0.1) is 0 Å². The van der Waals surface area contributed by atoms with E-state index in [4.69, 9.17) is 9.47 Å². The second kappa shape index (κ2) is 7.21. The molecule has 6 nitrogen and oxygen atoms in total. The largest absolute Gasteiger partial charge is 0.490 e. The lowest BCUT2D eigenvalue weighted by atomic mass is 10.2. The highest BCUT2D eigenvalue weighted by atomic mass is 16.5. The van der Waals surface area contributed by atoms with Crippen LogP contribution in [0.5, 0.6) is 11.5 Å². The lowest BCUT2D eigenvalue weighted by Gasteiger charge is -2.11. The number of aryl methyl sites for hydroxylation is 1. The van der Waals surface area contributed by atoms with Crippen LogP contribution in [0.1, 0.15) is 30.1 Å². The molecule has 1 aliphatic heterocycles. The first kappa shape index (κ1) is 16.1. The molecule has 0 saturated carbocycles. The molecule has 0 unspecified atom stereocenters. The molecule has 1 N–H and O–H groups in total. The molecular formula is C18H20N2O4. The summed E-state index contributed by atoms with van der Waals surface area (Å²) in [7, 11) is 0. The van der Waals surface area contributed by atoms with Crippen LogP contribution in [0.15, 0.2) is 41.3 Å². The predicted molar refractivity (Wildman–Crippen MR) is 91.0 cm³/mol. The molecule has 1 amide bonds. The van der Waals surface area contributed by atoms with E-state index in [1.54, 1.807) is 35.0 Å². The fourth-order valence-electron chi connectivity index (χ4n) is 2.53. The Hall–Kier alpha value is -2.76. The van der Waals surface area contributed by atoms with Crippen molar-refractivity contribution in [2.45, 2.75) is 26.3 Å². The van der Waals surface area contributed by atoms with Crippen LogP contribution in [0.3, 0.4) is 0 Å². The number of nitrogens with one attached hydrogen (secondary N) is 1. The number of fused-ring (bicyclic) bond motifs is 1. The summed E-state index contributed by atoms with van der Waals surface area (Å²) in [6.45, 7) is 3.79. The van der Waals surface area contributed by atoms with E-state index in [9.17, 15) is 9.59 Å². The topological polar surface area (TPSA) is 69.6 Å². The van der Waals surface area contributed by atoms with Crippen LogP contribution in [-0.4, -0.2) is 23.7 Å². The fourth-order valence-corrected chi connectivity index (χ4v) is 2.53. The van der Waals surface area contributed by atoms with E-state index in [2.05, 4.69) is 5.32 Å². The average Bonchev–Trinajstić information content (AvgIpc) is 2.82. The Bertz CT molecular complexity index is 798. The van der Waals surface area contributed by atoms with E-state index in [0.29, 0.717) is 42.5 Å². The quantitative estimate of drug-likeness (QED) is 0.937. The van der Waals surface area contributed by atoms with Gasteiger partial charge in [-0.25, -0.2) is 0 Å². The number of nitrogens with zero attached hydrogens (tertiary/aromatic N) is 1. The number of amides is 1. The number of anilines is 1. The summed E-state index contributed by atoms with van der Waals surface area (Å²) < 4.78 is 12.8. The lowest BCUT2D eigenvalue weighted by Crippen LogP contribution is -2.20. The summed E-state index contributed by atoms with van der Waals surface area (Å²) in [5.74, 6) is 0.976. The number of pyridine rings is 1. The molecule has 2 aromatic rings. The molecule has 0 atom stereocenters. The third-order valence-electron chi connectivity index (χ3n) is 3.72. The first-order chi connectivity index (χ1) is 11.7. The summed E-state index contributed by atoms with van der Waals surface area (Å²) in [5, 5.41) is 2.81. The highest BCUT2D eigenvalue weighted by Crippen LogP contribution is 2.30. The minimum Gasteiger partial charge on any atom is -0.490 e. The summed E-state index contributed by atoms with van der Waals surface area (Å²) in [5.41, 5.74) is 0.984. The molecule has 1 aliphatic rings. The summed E-state index contributed by atoms with van der Waals surface area (Å²) >= 11 is 0. The monoisotopic (exact) mass is 328 g/mol. The third-order valence-corrected chi connectivity index (χ3v) is 3.72. The van der Waals surface area contributed by atoms with Gasteiger partial charge in [0.15, 0.2) is 11.5 Å². The van der Waals surface area contributed by atoms with Crippen molar-refractivity contribution >= 4 is 11.6 Å². The maximum atomic E-state index is 12.4. The minimum atomic E-state index is -0.257. The molecule has 0 aliphatic carbocycles. The highest BCUT2D eigenvalue weighted by Gasteiger charge is 2.14. The Labute approximate surface area is 140 Å². The van der Waals surface area contributed by atoms with E-state index in [1.807, 2.05) is 6.92 Å². The first-order valence-corrected chi connectivity index (χ1v) is 8.09. The van der Waals surface area contributed by atoms with Gasteiger partial charge in [0.2, 0.25) is 0 Å². The van der Waals surface area contributed by atoms with Gasteiger partial charge in [-0.2, -0.15) is 0 Å². The second-order valence-corrected chi connectivity index (χ2v) is 5.62. The summed E-state index contributed by atoms with van der Waals surface area (Å²) in [6.07, 6.45) is 3.32. The molecular weight excluding hydrogens is 308 g/mol. The molecule has 0 spiro atoms. The number of ether oxygens (including phenoxy) is 2. The molecule has 2 heterocycles. The number of carbonyl (C=O) groups is 1. The summed E-state index contributed by atoms with van der Waals surface area (Å²) in [6, 6.07) is 8.19. The van der Waals surface area contributed by atoms with Gasteiger partial charge in [-0.1, -0.05) is 6.92 Å². The van der Waals surface area contributed by atoms with Crippen molar-refractivity contribution < 1.29 is 14.3 Å². The van der Waals surface area contributed by atoms with Gasteiger partial charge >= 0.3 is 0 Å². The fraction of sp³-hybridized carbons (Fsp3) is 0.333. The smallest absolute Gasteiger partial charge is 0.255 e. The van der Waals surface area contributed by atoms with Crippen molar-refractivity contribution in [1.82, 2.24) is 4.57 Å². The maximum Gasteiger partial charge on any atom is 0.255 e. The molecule has 1 aromatic heterocycles. The van der Waals surface area contributed by atoms with Crippen LogP contribution in [-0.2, 0) is 6.54 Å². The number of rotatable bonds is 4. The Morgan fingerprint density at radius 1 is 1.17 bits per heavy atom. The van der Waals surface area contributed by atoms with Crippen molar-refractivity contribution in [2.24, 2.45) is 0 Å². The zero-order valence-corrected chi connectivity index (χ0v) is 13.6. The van der Waals surface area contributed by atoms with E-state index >= 15 is 0 Å². The van der Waals surface area contributed by atoms with Gasteiger partial charge in [0.05, 0.1) is 18.9 Å². The summed E-state index contributed by atoms with van der Waals surface area (Å²) in [4.78, 5) is 24.2.